The summed E-state index contributed by atoms with van der Waals surface area (Å²) in [7, 11) is 0. The Hall–Kier alpha value is -3.32. The van der Waals surface area contributed by atoms with Gasteiger partial charge in [0, 0.05) is 0 Å². The molecule has 3 aromatic carbocycles. The molecule has 0 bridgehead atoms. The van der Waals surface area contributed by atoms with Crippen LogP contribution in [0, 0.1) is 0 Å². The molecule has 0 saturated carbocycles. The van der Waals surface area contributed by atoms with E-state index in [1.54, 1.807) is 18.2 Å². The molecule has 3 rings (SSSR count). The van der Waals surface area contributed by atoms with Crippen molar-refractivity contribution in [2.75, 3.05) is 0 Å². The summed E-state index contributed by atoms with van der Waals surface area (Å²) in [4.78, 5) is 0. The monoisotopic (exact) mass is 384 g/mol. The summed E-state index contributed by atoms with van der Waals surface area (Å²) in [6, 6.07) is 25.5. The van der Waals surface area contributed by atoms with Crippen LogP contribution in [0.1, 0.15) is 43.0 Å². The Morgan fingerprint density at radius 3 is 1.31 bits per heavy atom. The topological polar surface area (TPSA) is 20.2 Å². The first kappa shape index (κ1) is 23.7. The van der Waals surface area contributed by atoms with Crippen molar-refractivity contribution < 1.29 is 5.11 Å². The summed E-state index contributed by atoms with van der Waals surface area (Å²) in [6.07, 6.45) is 5.44. The van der Waals surface area contributed by atoms with Gasteiger partial charge < -0.3 is 5.11 Å². The fourth-order valence-electron chi connectivity index (χ4n) is 2.32. The molecule has 3 aromatic rings. The maximum absolute atomic E-state index is 8.82. The van der Waals surface area contributed by atoms with E-state index in [9.17, 15) is 0 Å². The second-order valence-corrected chi connectivity index (χ2v) is 7.49. The van der Waals surface area contributed by atoms with E-state index in [1.165, 1.54) is 16.7 Å². The van der Waals surface area contributed by atoms with Crippen LogP contribution in [0.4, 0.5) is 0 Å². The van der Waals surface area contributed by atoms with Crippen LogP contribution in [0.3, 0.4) is 0 Å². The predicted molar refractivity (Wildman–Crippen MR) is 130 cm³/mol. The maximum atomic E-state index is 8.82. The number of rotatable bonds is 3. The number of aromatic hydroxyl groups is 1. The number of hydrogen-bond donors (Lipinski definition) is 1. The second-order valence-electron chi connectivity index (χ2n) is 7.49. The van der Waals surface area contributed by atoms with Crippen molar-refractivity contribution in [3.05, 3.63) is 121 Å². The summed E-state index contributed by atoms with van der Waals surface area (Å²) in [6.45, 7) is 17.6. The Morgan fingerprint density at radius 2 is 0.966 bits per heavy atom. The molecule has 0 radical (unpaired) electrons. The molecule has 0 saturated heterocycles. The van der Waals surface area contributed by atoms with Crippen LogP contribution in [0.25, 0.3) is 18.2 Å². The fourth-order valence-corrected chi connectivity index (χ4v) is 2.32. The van der Waals surface area contributed by atoms with Crippen LogP contribution < -0.4 is 0 Å². The largest absolute Gasteiger partial charge is 0.508 e. The van der Waals surface area contributed by atoms with E-state index in [-0.39, 0.29) is 5.41 Å². The third-order valence-corrected chi connectivity index (χ3v) is 4.18. The molecule has 150 valence electrons. The van der Waals surface area contributed by atoms with Gasteiger partial charge >= 0.3 is 0 Å². The van der Waals surface area contributed by atoms with Gasteiger partial charge in [-0.3, -0.25) is 0 Å². The molecular formula is C28H32O. The molecule has 1 heteroatoms. The summed E-state index contributed by atoms with van der Waals surface area (Å²) >= 11 is 0. The molecule has 1 nitrogen and oxygen atoms in total. The molecule has 0 unspecified atom stereocenters. The molecular weight excluding hydrogens is 352 g/mol. The number of benzene rings is 3. The van der Waals surface area contributed by atoms with Crippen molar-refractivity contribution in [1.82, 2.24) is 0 Å². The average molecular weight is 385 g/mol. The van der Waals surface area contributed by atoms with Gasteiger partial charge in [-0.05, 0) is 39.8 Å². The highest BCUT2D eigenvalue weighted by molar-refractivity contribution is 5.48. The number of phenolic OH excluding ortho intramolecular Hbond substituents is 1. The fraction of sp³-hybridized carbons (Fsp3) is 0.143. The van der Waals surface area contributed by atoms with Gasteiger partial charge in [0.25, 0.3) is 0 Å². The van der Waals surface area contributed by atoms with Crippen molar-refractivity contribution >= 4 is 18.2 Å². The molecule has 0 amide bonds. The highest BCUT2D eigenvalue weighted by Crippen LogP contribution is 2.22. The van der Waals surface area contributed by atoms with E-state index in [0.29, 0.717) is 5.75 Å². The average Bonchev–Trinajstić information content (AvgIpc) is 2.75. The van der Waals surface area contributed by atoms with E-state index >= 15 is 0 Å². The highest BCUT2D eigenvalue weighted by atomic mass is 16.3. The van der Waals surface area contributed by atoms with E-state index in [4.69, 9.17) is 5.11 Å². The molecule has 1 N–H and O–H groups in total. The third-order valence-electron chi connectivity index (χ3n) is 4.18. The number of phenols is 1. The van der Waals surface area contributed by atoms with Crippen LogP contribution in [0.15, 0.2) is 98.6 Å². The molecule has 0 heterocycles. The smallest absolute Gasteiger partial charge is 0.115 e. The normalized spacial score (nSPS) is 9.76. The van der Waals surface area contributed by atoms with Crippen LogP contribution in [-0.4, -0.2) is 5.11 Å². The summed E-state index contributed by atoms with van der Waals surface area (Å²) < 4.78 is 0. The number of hydrogen-bond acceptors (Lipinski definition) is 1. The Balaban J connectivity index is 0.000000223. The van der Waals surface area contributed by atoms with Gasteiger partial charge in [-0.25, -0.2) is 0 Å². The zero-order valence-electron chi connectivity index (χ0n) is 17.8. The zero-order valence-corrected chi connectivity index (χ0v) is 17.8. The summed E-state index contributed by atoms with van der Waals surface area (Å²) in [5.74, 6) is 0.292. The molecule has 0 aliphatic rings. The zero-order chi connectivity index (χ0) is 21.7. The molecule has 0 aromatic heterocycles. The van der Waals surface area contributed by atoms with Crippen molar-refractivity contribution in [2.24, 2.45) is 0 Å². The lowest BCUT2D eigenvalue weighted by Crippen LogP contribution is -2.10. The van der Waals surface area contributed by atoms with Gasteiger partial charge in [-0.1, -0.05) is 125 Å². The maximum Gasteiger partial charge on any atom is 0.115 e. The first-order valence-electron chi connectivity index (χ1n) is 9.62. The molecule has 0 atom stereocenters. The van der Waals surface area contributed by atoms with Crippen LogP contribution in [-0.2, 0) is 5.41 Å². The molecule has 29 heavy (non-hydrogen) atoms. The standard InChI is InChI=1S/C12H16.C8H8O.C8H8/c1-5-10-6-8-11(9-7-10)12(2,3)4;1-2-7-3-5-8(9)6-4-7;1-2-8-6-4-3-5-7-8/h5-9H,1H2,2-4H3;2-6,9H,1H2;2-7H,1H2. The minimum absolute atomic E-state index is 0.250. The van der Waals surface area contributed by atoms with E-state index in [2.05, 4.69) is 64.8 Å². The minimum Gasteiger partial charge on any atom is -0.508 e. The molecule has 0 fully saturated rings. The van der Waals surface area contributed by atoms with Gasteiger partial charge in [0.05, 0.1) is 0 Å². The van der Waals surface area contributed by atoms with E-state index in [1.807, 2.05) is 54.6 Å². The lowest BCUT2D eigenvalue weighted by atomic mass is 9.87. The minimum atomic E-state index is 0.250. The lowest BCUT2D eigenvalue weighted by molar-refractivity contribution is 0.475. The van der Waals surface area contributed by atoms with Gasteiger partial charge in [0.15, 0.2) is 0 Å². The van der Waals surface area contributed by atoms with Crippen molar-refractivity contribution in [1.29, 1.82) is 0 Å². The predicted octanol–water partition coefficient (Wildman–Crippen LogP) is 7.99. The van der Waals surface area contributed by atoms with E-state index in [0.717, 1.165) is 5.56 Å². The third kappa shape index (κ3) is 9.44. The van der Waals surface area contributed by atoms with Crippen LogP contribution in [0.5, 0.6) is 5.75 Å². The van der Waals surface area contributed by atoms with Gasteiger partial charge in [-0.15, -0.1) is 0 Å². The first-order valence-corrected chi connectivity index (χ1v) is 9.62. The SMILES string of the molecule is C=Cc1ccc(C(C)(C)C)cc1.C=Cc1ccc(O)cc1.C=Cc1ccccc1. The van der Waals surface area contributed by atoms with Crippen molar-refractivity contribution in [2.45, 2.75) is 26.2 Å². The van der Waals surface area contributed by atoms with Gasteiger partial charge in [0.1, 0.15) is 5.75 Å². The Kier molecular flexibility index (Phi) is 9.98. The van der Waals surface area contributed by atoms with Crippen LogP contribution >= 0.6 is 0 Å². The lowest BCUT2D eigenvalue weighted by Gasteiger charge is -2.18. The van der Waals surface area contributed by atoms with Gasteiger partial charge in [-0.2, -0.15) is 0 Å². The van der Waals surface area contributed by atoms with Crippen molar-refractivity contribution in [3.63, 3.8) is 0 Å². The Morgan fingerprint density at radius 1 is 0.586 bits per heavy atom. The van der Waals surface area contributed by atoms with E-state index < -0.39 is 0 Å². The molecule has 0 spiro atoms. The summed E-state index contributed by atoms with van der Waals surface area (Å²) in [5.41, 5.74) is 5.00. The van der Waals surface area contributed by atoms with Crippen LogP contribution in [0.2, 0.25) is 0 Å². The highest BCUT2D eigenvalue weighted by Gasteiger charge is 2.12. The summed E-state index contributed by atoms with van der Waals surface area (Å²) in [5, 5.41) is 8.82. The Labute approximate surface area is 176 Å². The van der Waals surface area contributed by atoms with Crippen molar-refractivity contribution in [3.8, 4) is 5.75 Å². The Bertz CT molecular complexity index is 864. The molecule has 0 aliphatic heterocycles. The first-order chi connectivity index (χ1) is 13.8. The molecule has 0 aliphatic carbocycles. The quantitative estimate of drug-likeness (QED) is 0.485. The second kappa shape index (κ2) is 12.2. The van der Waals surface area contributed by atoms with Gasteiger partial charge in [0.2, 0.25) is 0 Å².